The van der Waals surface area contributed by atoms with Gasteiger partial charge in [0.15, 0.2) is 5.82 Å². The zero-order valence-electron chi connectivity index (χ0n) is 13.0. The van der Waals surface area contributed by atoms with Gasteiger partial charge in [0.2, 0.25) is 0 Å². The molecule has 0 fully saturated rings. The minimum absolute atomic E-state index is 0.269. The van der Waals surface area contributed by atoms with Crippen molar-refractivity contribution in [3.05, 3.63) is 29.9 Å². The number of hydrogen-bond donors (Lipinski definition) is 2. The van der Waals surface area contributed by atoms with Gasteiger partial charge in [-0.15, -0.1) is 0 Å². The van der Waals surface area contributed by atoms with Crippen molar-refractivity contribution in [1.29, 1.82) is 0 Å². The molecule has 22 heavy (non-hydrogen) atoms. The lowest BCUT2D eigenvalue weighted by Gasteiger charge is -2.10. The Kier molecular flexibility index (Phi) is 5.42. The van der Waals surface area contributed by atoms with Crippen LogP contribution in [0.3, 0.4) is 0 Å². The normalized spacial score (nSPS) is 10.7. The van der Waals surface area contributed by atoms with Gasteiger partial charge in [-0.3, -0.25) is 4.79 Å². The summed E-state index contributed by atoms with van der Waals surface area (Å²) < 4.78 is 4.90. The maximum Gasteiger partial charge on any atom is 0.275 e. The van der Waals surface area contributed by atoms with Crippen LogP contribution in [0.1, 0.15) is 22.7 Å². The second kappa shape index (κ2) is 7.51. The van der Waals surface area contributed by atoms with E-state index in [0.717, 1.165) is 19.5 Å². The summed E-state index contributed by atoms with van der Waals surface area (Å²) in [6.45, 7) is 3.51. The van der Waals surface area contributed by atoms with Crippen molar-refractivity contribution in [1.82, 2.24) is 20.0 Å². The molecule has 0 atom stereocenters. The molecule has 2 N–H and O–H groups in total. The molecule has 0 aliphatic carbocycles. The van der Waals surface area contributed by atoms with E-state index in [-0.39, 0.29) is 11.6 Å². The zero-order chi connectivity index (χ0) is 15.9. The highest BCUT2D eigenvalue weighted by Gasteiger charge is 2.11. The molecule has 0 aromatic carbocycles. The van der Waals surface area contributed by atoms with E-state index in [1.54, 1.807) is 19.1 Å². The highest BCUT2D eigenvalue weighted by Crippen LogP contribution is 2.10. The second-order valence-electron chi connectivity index (χ2n) is 5.15. The molecule has 0 saturated carbocycles. The van der Waals surface area contributed by atoms with Gasteiger partial charge in [0.05, 0.1) is 0 Å². The Morgan fingerprint density at radius 1 is 1.27 bits per heavy atom. The molecule has 0 spiro atoms. The van der Waals surface area contributed by atoms with Gasteiger partial charge in [-0.05, 0) is 34.0 Å². The molecular formula is C14H20N6O2. The largest absolute Gasteiger partial charge is 0.370 e. The lowest BCUT2D eigenvalue weighted by atomic mass is 10.3. The zero-order valence-corrected chi connectivity index (χ0v) is 13.0. The molecule has 0 aliphatic heterocycles. The monoisotopic (exact) mass is 304 g/mol. The molecule has 0 unspecified atom stereocenters. The second-order valence-corrected chi connectivity index (χ2v) is 5.15. The van der Waals surface area contributed by atoms with Crippen LogP contribution < -0.4 is 10.6 Å². The predicted molar refractivity (Wildman–Crippen MR) is 82.9 cm³/mol. The summed E-state index contributed by atoms with van der Waals surface area (Å²) >= 11 is 0. The number of amides is 1. The average Bonchev–Trinajstić information content (AvgIpc) is 2.89. The fourth-order valence-corrected chi connectivity index (χ4v) is 1.80. The molecule has 0 saturated heterocycles. The lowest BCUT2D eigenvalue weighted by molar-refractivity contribution is 0.102. The van der Waals surface area contributed by atoms with E-state index >= 15 is 0 Å². The van der Waals surface area contributed by atoms with Crippen LogP contribution in [0.4, 0.5) is 11.6 Å². The summed E-state index contributed by atoms with van der Waals surface area (Å²) in [5.74, 6) is 1.25. The van der Waals surface area contributed by atoms with E-state index in [1.165, 1.54) is 6.33 Å². The number of anilines is 2. The van der Waals surface area contributed by atoms with Gasteiger partial charge in [-0.2, -0.15) is 0 Å². The number of rotatable bonds is 7. The Hall–Kier alpha value is -2.48. The van der Waals surface area contributed by atoms with E-state index in [9.17, 15) is 4.79 Å². The Labute approximate surface area is 128 Å². The highest BCUT2D eigenvalue weighted by molar-refractivity contribution is 6.02. The first kappa shape index (κ1) is 15.9. The molecule has 2 aromatic rings. The SMILES string of the molecule is Cc1cc(NC(=O)c2cc(NCCCN(C)C)ncn2)no1. The van der Waals surface area contributed by atoms with E-state index in [0.29, 0.717) is 17.4 Å². The third kappa shape index (κ3) is 4.81. The third-order valence-electron chi connectivity index (χ3n) is 2.86. The summed E-state index contributed by atoms with van der Waals surface area (Å²) in [6, 6.07) is 3.25. The molecule has 2 heterocycles. The first-order valence-electron chi connectivity index (χ1n) is 7.00. The Balaban J connectivity index is 1.91. The molecule has 0 aliphatic rings. The van der Waals surface area contributed by atoms with Crippen LogP contribution in [0.15, 0.2) is 23.0 Å². The van der Waals surface area contributed by atoms with E-state index in [1.807, 2.05) is 14.1 Å². The van der Waals surface area contributed by atoms with Crippen molar-refractivity contribution in [2.24, 2.45) is 0 Å². The molecule has 118 valence electrons. The molecule has 0 radical (unpaired) electrons. The third-order valence-corrected chi connectivity index (χ3v) is 2.86. The average molecular weight is 304 g/mol. The topological polar surface area (TPSA) is 96.2 Å². The van der Waals surface area contributed by atoms with Crippen molar-refractivity contribution < 1.29 is 9.32 Å². The first-order valence-corrected chi connectivity index (χ1v) is 7.00. The van der Waals surface area contributed by atoms with Gasteiger partial charge >= 0.3 is 0 Å². The Morgan fingerprint density at radius 2 is 2.09 bits per heavy atom. The van der Waals surface area contributed by atoms with Crippen molar-refractivity contribution >= 4 is 17.5 Å². The van der Waals surface area contributed by atoms with Crippen molar-refractivity contribution in [2.75, 3.05) is 37.8 Å². The predicted octanol–water partition coefficient (Wildman–Crippen LogP) is 1.39. The maximum atomic E-state index is 12.1. The number of carbonyl (C=O) groups excluding carboxylic acids is 1. The lowest BCUT2D eigenvalue weighted by Crippen LogP contribution is -2.17. The standard InChI is InChI=1S/C14H20N6O2/c1-10-7-13(19-22-10)18-14(21)11-8-12(17-9-16-11)15-5-4-6-20(2)3/h7-9H,4-6H2,1-3H3,(H,15,16,17)(H,18,19,21). The Morgan fingerprint density at radius 3 is 2.77 bits per heavy atom. The molecule has 8 nitrogen and oxygen atoms in total. The minimum Gasteiger partial charge on any atom is -0.370 e. The molecular weight excluding hydrogens is 284 g/mol. The van der Waals surface area contributed by atoms with Crippen molar-refractivity contribution in [3.8, 4) is 0 Å². The van der Waals surface area contributed by atoms with Gasteiger partial charge in [0.25, 0.3) is 5.91 Å². The molecule has 0 bridgehead atoms. The summed E-state index contributed by atoms with van der Waals surface area (Å²) in [5.41, 5.74) is 0.269. The number of nitrogens with one attached hydrogen (secondary N) is 2. The van der Waals surface area contributed by atoms with Crippen LogP contribution in [0.25, 0.3) is 0 Å². The van der Waals surface area contributed by atoms with E-state index in [2.05, 4.69) is 30.7 Å². The van der Waals surface area contributed by atoms with E-state index in [4.69, 9.17) is 4.52 Å². The first-order chi connectivity index (χ1) is 10.5. The van der Waals surface area contributed by atoms with Gasteiger partial charge in [-0.25, -0.2) is 9.97 Å². The molecule has 2 rings (SSSR count). The van der Waals surface area contributed by atoms with E-state index < -0.39 is 0 Å². The van der Waals surface area contributed by atoms with Crippen LogP contribution in [0.2, 0.25) is 0 Å². The van der Waals surface area contributed by atoms with Crippen LogP contribution >= 0.6 is 0 Å². The maximum absolute atomic E-state index is 12.1. The summed E-state index contributed by atoms with van der Waals surface area (Å²) in [4.78, 5) is 22.3. The molecule has 1 amide bonds. The van der Waals surface area contributed by atoms with Crippen LogP contribution in [0.5, 0.6) is 0 Å². The van der Waals surface area contributed by atoms with Crippen LogP contribution in [-0.2, 0) is 0 Å². The molecule has 2 aromatic heterocycles. The number of hydrogen-bond acceptors (Lipinski definition) is 7. The fraction of sp³-hybridized carbons (Fsp3) is 0.429. The van der Waals surface area contributed by atoms with Crippen molar-refractivity contribution in [3.63, 3.8) is 0 Å². The van der Waals surface area contributed by atoms with Crippen LogP contribution in [-0.4, -0.2) is 53.1 Å². The van der Waals surface area contributed by atoms with Gasteiger partial charge in [0.1, 0.15) is 23.6 Å². The number of aromatic nitrogens is 3. The summed E-state index contributed by atoms with van der Waals surface area (Å²) in [6.07, 6.45) is 2.34. The summed E-state index contributed by atoms with van der Waals surface area (Å²) in [5, 5.41) is 9.50. The smallest absolute Gasteiger partial charge is 0.275 e. The summed E-state index contributed by atoms with van der Waals surface area (Å²) in [7, 11) is 4.05. The quantitative estimate of drug-likeness (QED) is 0.746. The highest BCUT2D eigenvalue weighted by atomic mass is 16.5. The minimum atomic E-state index is -0.355. The van der Waals surface area contributed by atoms with Gasteiger partial charge in [0, 0.05) is 18.7 Å². The fourth-order valence-electron chi connectivity index (χ4n) is 1.80. The Bertz CT molecular complexity index is 625. The number of nitrogens with zero attached hydrogens (tertiary/aromatic N) is 4. The number of aryl methyl sites for hydroxylation is 1. The van der Waals surface area contributed by atoms with Crippen LogP contribution in [0, 0.1) is 6.92 Å². The van der Waals surface area contributed by atoms with Crippen molar-refractivity contribution in [2.45, 2.75) is 13.3 Å². The van der Waals surface area contributed by atoms with Gasteiger partial charge < -0.3 is 20.1 Å². The number of carbonyl (C=O) groups is 1. The molecule has 8 heteroatoms. The van der Waals surface area contributed by atoms with Gasteiger partial charge in [-0.1, -0.05) is 5.16 Å².